The maximum atomic E-state index is 13.4. The molecule has 9 nitrogen and oxygen atoms in total. The fraction of sp³-hybridized carbons (Fsp3) is 0.467. The summed E-state index contributed by atoms with van der Waals surface area (Å²) in [4.78, 5) is 51.0. The van der Waals surface area contributed by atoms with Gasteiger partial charge in [-0.1, -0.05) is 74.5 Å². The minimum atomic E-state index is -1.17. The molecule has 39 heavy (non-hydrogen) atoms. The van der Waals surface area contributed by atoms with Crippen molar-refractivity contribution >= 4 is 23.9 Å². The van der Waals surface area contributed by atoms with Crippen molar-refractivity contribution in [3.05, 3.63) is 71.8 Å². The minimum absolute atomic E-state index is 0.0278. The SMILES string of the molecule is CC(C)CC(NC(=O)C(CCc1ccccc1)NC(=O)OC(C)(C)C)C(=O)N[C@@H](Cc1ccccc1)C(=O)O. The van der Waals surface area contributed by atoms with E-state index in [-0.39, 0.29) is 25.2 Å². The molecule has 0 aliphatic rings. The highest BCUT2D eigenvalue weighted by Crippen LogP contribution is 2.12. The average molecular weight is 540 g/mol. The summed E-state index contributed by atoms with van der Waals surface area (Å²) in [7, 11) is 0. The summed E-state index contributed by atoms with van der Waals surface area (Å²) in [6.07, 6.45) is 0.427. The van der Waals surface area contributed by atoms with Crippen LogP contribution in [-0.4, -0.2) is 52.7 Å². The van der Waals surface area contributed by atoms with Crippen LogP contribution in [0.4, 0.5) is 4.79 Å². The maximum Gasteiger partial charge on any atom is 0.408 e. The number of nitrogens with one attached hydrogen (secondary N) is 3. The number of carbonyl (C=O) groups is 4. The number of carboxylic acids is 1. The monoisotopic (exact) mass is 539 g/mol. The zero-order chi connectivity index (χ0) is 29.0. The molecule has 0 aliphatic heterocycles. The van der Waals surface area contributed by atoms with Crippen molar-refractivity contribution in [3.63, 3.8) is 0 Å². The molecular weight excluding hydrogens is 498 g/mol. The summed E-state index contributed by atoms with van der Waals surface area (Å²) in [6.45, 7) is 8.97. The summed E-state index contributed by atoms with van der Waals surface area (Å²) in [6, 6.07) is 15.4. The van der Waals surface area contributed by atoms with Crippen LogP contribution in [0.5, 0.6) is 0 Å². The van der Waals surface area contributed by atoms with E-state index < -0.39 is 47.6 Å². The number of carboxylic acid groups (broad SMARTS) is 1. The van der Waals surface area contributed by atoms with Crippen LogP contribution < -0.4 is 16.0 Å². The number of rotatable bonds is 13. The standard InChI is InChI=1S/C30H41N3O6/c1-20(2)18-24(27(35)32-25(28(36)37)19-22-14-10-7-11-15-22)31-26(34)23(33-29(38)39-30(3,4)5)17-16-21-12-8-6-9-13-21/h6-15,20,23-25H,16-19H2,1-5H3,(H,31,34)(H,32,35)(H,33,38)(H,36,37)/t23?,24?,25-/m0/s1. The second kappa shape index (κ2) is 14.9. The smallest absolute Gasteiger partial charge is 0.408 e. The molecule has 212 valence electrons. The number of aliphatic carboxylic acids is 1. The number of hydrogen-bond donors (Lipinski definition) is 4. The van der Waals surface area contributed by atoms with Crippen LogP contribution in [-0.2, 0) is 32.0 Å². The van der Waals surface area contributed by atoms with Crippen LogP contribution in [0.1, 0.15) is 58.6 Å². The van der Waals surface area contributed by atoms with Crippen molar-refractivity contribution in [2.45, 2.75) is 84.0 Å². The molecule has 0 aromatic heterocycles. The summed E-state index contributed by atoms with van der Waals surface area (Å²) in [5.41, 5.74) is 0.995. The first kappa shape index (κ1) is 31.3. The Balaban J connectivity index is 2.17. The summed E-state index contributed by atoms with van der Waals surface area (Å²) >= 11 is 0. The van der Waals surface area contributed by atoms with Crippen LogP contribution >= 0.6 is 0 Å². The van der Waals surface area contributed by atoms with E-state index in [0.717, 1.165) is 11.1 Å². The van der Waals surface area contributed by atoms with Gasteiger partial charge in [0.05, 0.1) is 0 Å². The van der Waals surface area contributed by atoms with Gasteiger partial charge in [0.1, 0.15) is 23.7 Å². The number of alkyl carbamates (subject to hydrolysis) is 1. The van der Waals surface area contributed by atoms with E-state index in [9.17, 15) is 24.3 Å². The van der Waals surface area contributed by atoms with E-state index in [4.69, 9.17) is 4.74 Å². The third-order valence-corrected chi connectivity index (χ3v) is 5.81. The van der Waals surface area contributed by atoms with Crippen molar-refractivity contribution in [1.82, 2.24) is 16.0 Å². The normalized spacial score (nSPS) is 13.6. The van der Waals surface area contributed by atoms with E-state index >= 15 is 0 Å². The molecule has 0 aliphatic carbocycles. The van der Waals surface area contributed by atoms with Gasteiger partial charge in [-0.2, -0.15) is 0 Å². The minimum Gasteiger partial charge on any atom is -0.480 e. The highest BCUT2D eigenvalue weighted by molar-refractivity contribution is 5.93. The summed E-state index contributed by atoms with van der Waals surface area (Å²) < 4.78 is 5.35. The van der Waals surface area contributed by atoms with E-state index in [2.05, 4.69) is 16.0 Å². The fourth-order valence-corrected chi connectivity index (χ4v) is 3.97. The zero-order valence-electron chi connectivity index (χ0n) is 23.4. The molecule has 2 aromatic carbocycles. The molecule has 0 bridgehead atoms. The molecular formula is C30H41N3O6. The number of carbonyl (C=O) groups excluding carboxylic acids is 3. The van der Waals surface area contributed by atoms with Gasteiger partial charge >= 0.3 is 12.1 Å². The number of benzene rings is 2. The van der Waals surface area contributed by atoms with Crippen LogP contribution in [0.15, 0.2) is 60.7 Å². The molecule has 2 rings (SSSR count). The van der Waals surface area contributed by atoms with E-state index in [1.165, 1.54) is 0 Å². The Hall–Kier alpha value is -3.88. The Morgan fingerprint density at radius 2 is 1.28 bits per heavy atom. The number of hydrogen-bond acceptors (Lipinski definition) is 5. The Bertz CT molecular complexity index is 1080. The lowest BCUT2D eigenvalue weighted by Gasteiger charge is -2.26. The lowest BCUT2D eigenvalue weighted by Crippen LogP contribution is -2.56. The van der Waals surface area contributed by atoms with Gasteiger partial charge in [-0.3, -0.25) is 9.59 Å². The maximum absolute atomic E-state index is 13.4. The molecule has 0 spiro atoms. The van der Waals surface area contributed by atoms with Crippen molar-refractivity contribution < 1.29 is 29.0 Å². The number of ether oxygens (including phenoxy) is 1. The quantitative estimate of drug-likeness (QED) is 0.306. The van der Waals surface area contributed by atoms with Crippen molar-refractivity contribution in [1.29, 1.82) is 0 Å². The van der Waals surface area contributed by atoms with E-state index in [1.807, 2.05) is 50.2 Å². The predicted octanol–water partition coefficient (Wildman–Crippen LogP) is 3.86. The summed E-state index contributed by atoms with van der Waals surface area (Å²) in [5.74, 6) is -2.29. The Morgan fingerprint density at radius 1 is 0.769 bits per heavy atom. The molecule has 3 amide bonds. The first-order valence-corrected chi connectivity index (χ1v) is 13.2. The molecule has 4 N–H and O–H groups in total. The molecule has 0 saturated heterocycles. The van der Waals surface area contributed by atoms with Crippen molar-refractivity contribution in [2.75, 3.05) is 0 Å². The molecule has 3 atom stereocenters. The topological polar surface area (TPSA) is 134 Å². The average Bonchev–Trinajstić information content (AvgIpc) is 2.85. The lowest BCUT2D eigenvalue weighted by atomic mass is 10.00. The van der Waals surface area contributed by atoms with Gasteiger partial charge in [0.2, 0.25) is 11.8 Å². The second-order valence-corrected chi connectivity index (χ2v) is 11.0. The number of amides is 3. The zero-order valence-corrected chi connectivity index (χ0v) is 23.4. The molecule has 9 heteroatoms. The van der Waals surface area contributed by atoms with Crippen LogP contribution in [0.3, 0.4) is 0 Å². The van der Waals surface area contributed by atoms with Gasteiger partial charge in [-0.25, -0.2) is 9.59 Å². The Morgan fingerprint density at radius 3 is 1.79 bits per heavy atom. The molecule has 0 fully saturated rings. The highest BCUT2D eigenvalue weighted by Gasteiger charge is 2.31. The summed E-state index contributed by atoms with van der Waals surface area (Å²) in [5, 5.41) is 17.7. The first-order valence-electron chi connectivity index (χ1n) is 13.2. The largest absolute Gasteiger partial charge is 0.480 e. The first-order chi connectivity index (χ1) is 18.3. The highest BCUT2D eigenvalue weighted by atomic mass is 16.6. The predicted molar refractivity (Wildman–Crippen MR) is 149 cm³/mol. The van der Waals surface area contributed by atoms with Crippen LogP contribution in [0.25, 0.3) is 0 Å². The van der Waals surface area contributed by atoms with Crippen LogP contribution in [0, 0.1) is 5.92 Å². The fourth-order valence-electron chi connectivity index (χ4n) is 3.97. The third kappa shape index (κ3) is 12.0. The Labute approximate surface area is 230 Å². The van der Waals surface area contributed by atoms with Gasteiger partial charge in [-0.15, -0.1) is 0 Å². The second-order valence-electron chi connectivity index (χ2n) is 11.0. The number of aryl methyl sites for hydroxylation is 1. The van der Waals surface area contributed by atoms with Gasteiger partial charge in [0, 0.05) is 6.42 Å². The molecule has 0 heterocycles. The van der Waals surface area contributed by atoms with Crippen LogP contribution in [0.2, 0.25) is 0 Å². The molecule has 2 unspecified atom stereocenters. The molecule has 0 saturated carbocycles. The van der Waals surface area contributed by atoms with Gasteiger partial charge < -0.3 is 25.8 Å². The van der Waals surface area contributed by atoms with E-state index in [1.54, 1.807) is 45.0 Å². The van der Waals surface area contributed by atoms with Gasteiger partial charge in [0.15, 0.2) is 0 Å². The van der Waals surface area contributed by atoms with Crippen molar-refractivity contribution in [2.24, 2.45) is 5.92 Å². The molecule has 0 radical (unpaired) electrons. The van der Waals surface area contributed by atoms with E-state index in [0.29, 0.717) is 6.42 Å². The van der Waals surface area contributed by atoms with Crippen molar-refractivity contribution in [3.8, 4) is 0 Å². The van der Waals surface area contributed by atoms with Gasteiger partial charge in [0.25, 0.3) is 0 Å². The lowest BCUT2D eigenvalue weighted by molar-refractivity contribution is -0.142. The molecule has 2 aromatic rings. The van der Waals surface area contributed by atoms with Gasteiger partial charge in [-0.05, 0) is 57.1 Å². The third-order valence-electron chi connectivity index (χ3n) is 5.81. The Kier molecular flexibility index (Phi) is 12.0.